The minimum Gasteiger partial charge on any atom is -0.493 e. The van der Waals surface area contributed by atoms with Crippen molar-refractivity contribution in [3.05, 3.63) is 95.6 Å². The summed E-state index contributed by atoms with van der Waals surface area (Å²) in [6.07, 6.45) is 0.508. The van der Waals surface area contributed by atoms with Gasteiger partial charge in [-0.2, -0.15) is 0 Å². The number of carbonyl (C=O) groups is 2. The molecule has 1 N–H and O–H groups in total. The van der Waals surface area contributed by atoms with Crippen molar-refractivity contribution in [2.24, 2.45) is 0 Å². The summed E-state index contributed by atoms with van der Waals surface area (Å²) in [5.41, 5.74) is 2.69. The molecule has 1 atom stereocenters. The Morgan fingerprint density at radius 1 is 0.806 bits per heavy atom. The standard InChI is InChI=1S/C29H34N2O5/c1-34-17-16-30-29(33)25(18-22-10-6-4-7-11-22)31(21-23-12-8-5-9-13-23)28(32)20-24-14-15-26(35-2)27(19-24)36-3/h4-15,19,25H,16-18,20-21H2,1-3H3,(H,30,33). The molecule has 0 saturated heterocycles. The summed E-state index contributed by atoms with van der Waals surface area (Å²) in [6, 6.07) is 24.1. The van der Waals surface area contributed by atoms with Crippen LogP contribution in [0.5, 0.6) is 11.5 Å². The molecule has 1 unspecified atom stereocenters. The second kappa shape index (κ2) is 13.9. The smallest absolute Gasteiger partial charge is 0.243 e. The lowest BCUT2D eigenvalue weighted by Gasteiger charge is -2.31. The van der Waals surface area contributed by atoms with E-state index in [1.807, 2.05) is 66.7 Å². The molecule has 36 heavy (non-hydrogen) atoms. The quantitative estimate of drug-likeness (QED) is 0.370. The van der Waals surface area contributed by atoms with Crippen LogP contribution < -0.4 is 14.8 Å². The summed E-state index contributed by atoms with van der Waals surface area (Å²) in [5, 5.41) is 2.93. The van der Waals surface area contributed by atoms with E-state index in [2.05, 4.69) is 5.32 Å². The first kappa shape index (κ1) is 26.8. The van der Waals surface area contributed by atoms with Gasteiger partial charge in [-0.05, 0) is 28.8 Å². The summed E-state index contributed by atoms with van der Waals surface area (Å²) < 4.78 is 15.8. The molecule has 3 aromatic rings. The largest absolute Gasteiger partial charge is 0.493 e. The maximum absolute atomic E-state index is 13.8. The van der Waals surface area contributed by atoms with E-state index in [4.69, 9.17) is 14.2 Å². The zero-order valence-corrected chi connectivity index (χ0v) is 21.1. The average molecular weight is 491 g/mol. The van der Waals surface area contributed by atoms with E-state index < -0.39 is 6.04 Å². The van der Waals surface area contributed by atoms with Gasteiger partial charge in [0.2, 0.25) is 11.8 Å². The normalized spacial score (nSPS) is 11.4. The number of methoxy groups -OCH3 is 3. The Kier molecular flexibility index (Phi) is 10.3. The molecular weight excluding hydrogens is 456 g/mol. The van der Waals surface area contributed by atoms with Gasteiger partial charge in [0, 0.05) is 26.6 Å². The molecule has 0 aliphatic rings. The fourth-order valence-electron chi connectivity index (χ4n) is 3.99. The van der Waals surface area contributed by atoms with Crippen molar-refractivity contribution < 1.29 is 23.8 Å². The molecule has 2 amide bonds. The van der Waals surface area contributed by atoms with E-state index in [0.717, 1.165) is 16.7 Å². The van der Waals surface area contributed by atoms with E-state index >= 15 is 0 Å². The molecule has 7 nitrogen and oxygen atoms in total. The van der Waals surface area contributed by atoms with E-state index in [0.29, 0.717) is 37.6 Å². The van der Waals surface area contributed by atoms with Crippen molar-refractivity contribution in [2.75, 3.05) is 34.5 Å². The van der Waals surface area contributed by atoms with Gasteiger partial charge in [-0.1, -0.05) is 66.7 Å². The highest BCUT2D eigenvalue weighted by molar-refractivity contribution is 5.88. The number of ether oxygens (including phenoxy) is 3. The topological polar surface area (TPSA) is 77.1 Å². The fraction of sp³-hybridized carbons (Fsp3) is 0.310. The lowest BCUT2D eigenvalue weighted by Crippen LogP contribution is -2.51. The number of nitrogens with one attached hydrogen (secondary N) is 1. The summed E-state index contributed by atoms with van der Waals surface area (Å²) in [7, 11) is 4.72. The Labute approximate surface area is 213 Å². The van der Waals surface area contributed by atoms with Crippen LogP contribution in [0.25, 0.3) is 0 Å². The molecule has 3 aromatic carbocycles. The fourth-order valence-corrected chi connectivity index (χ4v) is 3.99. The van der Waals surface area contributed by atoms with Crippen LogP contribution >= 0.6 is 0 Å². The number of hydrogen-bond donors (Lipinski definition) is 1. The van der Waals surface area contributed by atoms with Crippen molar-refractivity contribution in [2.45, 2.75) is 25.4 Å². The summed E-state index contributed by atoms with van der Waals surface area (Å²) in [6.45, 7) is 1.06. The minimum absolute atomic E-state index is 0.115. The molecule has 0 aliphatic carbocycles. The van der Waals surface area contributed by atoms with Crippen LogP contribution in [0, 0.1) is 0 Å². The summed E-state index contributed by atoms with van der Waals surface area (Å²) in [4.78, 5) is 28.9. The van der Waals surface area contributed by atoms with Crippen molar-refractivity contribution in [1.29, 1.82) is 0 Å². The highest BCUT2D eigenvalue weighted by atomic mass is 16.5. The third-order valence-electron chi connectivity index (χ3n) is 5.88. The Hall–Kier alpha value is -3.84. The summed E-state index contributed by atoms with van der Waals surface area (Å²) in [5.74, 6) is 0.770. The molecule has 0 bridgehead atoms. The predicted molar refractivity (Wildman–Crippen MR) is 139 cm³/mol. The van der Waals surface area contributed by atoms with Crippen LogP contribution in [-0.2, 0) is 33.7 Å². The molecule has 0 spiro atoms. The van der Waals surface area contributed by atoms with Gasteiger partial charge in [-0.25, -0.2) is 0 Å². The molecule has 0 saturated carbocycles. The first-order chi connectivity index (χ1) is 17.5. The molecule has 0 aliphatic heterocycles. The maximum atomic E-state index is 13.8. The van der Waals surface area contributed by atoms with Gasteiger partial charge in [0.25, 0.3) is 0 Å². The zero-order chi connectivity index (χ0) is 25.8. The van der Waals surface area contributed by atoms with Crippen LogP contribution in [0.2, 0.25) is 0 Å². The number of rotatable bonds is 13. The first-order valence-electron chi connectivity index (χ1n) is 11.9. The second-order valence-corrected chi connectivity index (χ2v) is 8.36. The highest BCUT2D eigenvalue weighted by Gasteiger charge is 2.30. The van der Waals surface area contributed by atoms with Crippen molar-refractivity contribution in [3.8, 4) is 11.5 Å². The maximum Gasteiger partial charge on any atom is 0.243 e. The average Bonchev–Trinajstić information content (AvgIpc) is 2.91. The van der Waals surface area contributed by atoms with Crippen molar-refractivity contribution >= 4 is 11.8 Å². The van der Waals surface area contributed by atoms with Gasteiger partial charge in [0.05, 0.1) is 27.2 Å². The van der Waals surface area contributed by atoms with Gasteiger partial charge < -0.3 is 24.4 Å². The minimum atomic E-state index is -0.697. The number of hydrogen-bond acceptors (Lipinski definition) is 5. The molecule has 0 aromatic heterocycles. The molecule has 0 heterocycles. The highest BCUT2D eigenvalue weighted by Crippen LogP contribution is 2.28. The van der Waals surface area contributed by atoms with Crippen LogP contribution in [0.4, 0.5) is 0 Å². The Morgan fingerprint density at radius 2 is 1.44 bits per heavy atom. The first-order valence-corrected chi connectivity index (χ1v) is 11.9. The summed E-state index contributed by atoms with van der Waals surface area (Å²) >= 11 is 0. The number of benzene rings is 3. The van der Waals surface area contributed by atoms with E-state index in [1.165, 1.54) is 0 Å². The molecule has 0 fully saturated rings. The number of carbonyl (C=O) groups excluding carboxylic acids is 2. The van der Waals surface area contributed by atoms with Gasteiger partial charge >= 0.3 is 0 Å². The van der Waals surface area contributed by atoms with E-state index in [1.54, 1.807) is 38.4 Å². The molecular formula is C29H34N2O5. The Bertz CT molecular complexity index is 1110. The number of nitrogens with zero attached hydrogens (tertiary/aromatic N) is 1. The van der Waals surface area contributed by atoms with Crippen LogP contribution in [0.15, 0.2) is 78.9 Å². The van der Waals surface area contributed by atoms with Gasteiger partial charge in [0.1, 0.15) is 6.04 Å². The van der Waals surface area contributed by atoms with Crippen molar-refractivity contribution in [3.63, 3.8) is 0 Å². The predicted octanol–water partition coefficient (Wildman–Crippen LogP) is 3.65. The van der Waals surface area contributed by atoms with E-state index in [-0.39, 0.29) is 18.2 Å². The third kappa shape index (κ3) is 7.58. The van der Waals surface area contributed by atoms with E-state index in [9.17, 15) is 9.59 Å². The second-order valence-electron chi connectivity index (χ2n) is 8.36. The van der Waals surface area contributed by atoms with Gasteiger partial charge in [-0.3, -0.25) is 9.59 Å². The Morgan fingerprint density at radius 3 is 2.06 bits per heavy atom. The zero-order valence-electron chi connectivity index (χ0n) is 21.1. The van der Waals surface area contributed by atoms with Crippen molar-refractivity contribution in [1.82, 2.24) is 10.2 Å². The lowest BCUT2D eigenvalue weighted by atomic mass is 10.0. The van der Waals surface area contributed by atoms with Crippen LogP contribution in [-0.4, -0.2) is 57.2 Å². The van der Waals surface area contributed by atoms with Gasteiger partial charge in [0.15, 0.2) is 11.5 Å². The van der Waals surface area contributed by atoms with Crippen LogP contribution in [0.1, 0.15) is 16.7 Å². The number of amides is 2. The molecule has 0 radical (unpaired) electrons. The molecule has 7 heteroatoms. The SMILES string of the molecule is COCCNC(=O)C(Cc1ccccc1)N(Cc1ccccc1)C(=O)Cc1ccc(OC)c(OC)c1. The third-order valence-corrected chi connectivity index (χ3v) is 5.88. The Balaban J connectivity index is 1.93. The molecule has 190 valence electrons. The lowest BCUT2D eigenvalue weighted by molar-refractivity contribution is -0.140. The monoisotopic (exact) mass is 490 g/mol. The van der Waals surface area contributed by atoms with Gasteiger partial charge in [-0.15, -0.1) is 0 Å². The molecule has 3 rings (SSSR count). The van der Waals surface area contributed by atoms with Crippen LogP contribution in [0.3, 0.4) is 0 Å².